The Morgan fingerprint density at radius 1 is 1.22 bits per heavy atom. The molecular formula is C21H24N4O2. The van der Waals surface area contributed by atoms with Gasteiger partial charge in [0.25, 0.3) is 5.91 Å². The molecule has 1 aromatic heterocycles. The molecule has 140 valence electrons. The van der Waals surface area contributed by atoms with E-state index in [1.165, 1.54) is 30.2 Å². The molecule has 3 rings (SSSR count). The van der Waals surface area contributed by atoms with E-state index in [0.29, 0.717) is 12.3 Å². The highest BCUT2D eigenvalue weighted by Crippen LogP contribution is 2.23. The molecule has 0 bridgehead atoms. The summed E-state index contributed by atoms with van der Waals surface area (Å²) in [6.07, 6.45) is 9.32. The van der Waals surface area contributed by atoms with Gasteiger partial charge < -0.3 is 4.74 Å². The highest BCUT2D eigenvalue weighted by Gasteiger charge is 2.10. The topological polar surface area (TPSA) is 76.5 Å². The Kier molecular flexibility index (Phi) is 6.30. The second-order valence-corrected chi connectivity index (χ2v) is 6.46. The maximum atomic E-state index is 12.3. The van der Waals surface area contributed by atoms with Crippen LogP contribution in [-0.2, 0) is 0 Å². The van der Waals surface area contributed by atoms with Gasteiger partial charge in [-0.05, 0) is 69.4 Å². The lowest BCUT2D eigenvalue weighted by Crippen LogP contribution is -2.19. The van der Waals surface area contributed by atoms with Crippen molar-refractivity contribution in [3.63, 3.8) is 0 Å². The van der Waals surface area contributed by atoms with Crippen molar-refractivity contribution >= 4 is 12.1 Å². The lowest BCUT2D eigenvalue weighted by Gasteiger charge is -2.13. The molecule has 0 aliphatic heterocycles. The average molecular weight is 364 g/mol. The second kappa shape index (κ2) is 9.07. The van der Waals surface area contributed by atoms with Crippen LogP contribution in [0.15, 0.2) is 52.9 Å². The van der Waals surface area contributed by atoms with Crippen molar-refractivity contribution in [1.82, 2.24) is 15.4 Å². The number of amides is 1. The Bertz CT molecular complexity index is 857. The van der Waals surface area contributed by atoms with E-state index >= 15 is 0 Å². The summed E-state index contributed by atoms with van der Waals surface area (Å²) in [5.74, 6) is 0.422. The van der Waals surface area contributed by atoms with Crippen molar-refractivity contribution in [2.75, 3.05) is 6.61 Å². The SMILES string of the molecule is CCOc1ccc(-c2cncc(C(=O)NN=CC3=C(C)CCCC3)n2)cc1. The summed E-state index contributed by atoms with van der Waals surface area (Å²) >= 11 is 0. The molecule has 6 heteroatoms. The fourth-order valence-electron chi connectivity index (χ4n) is 2.98. The molecule has 1 aromatic carbocycles. The molecule has 1 aliphatic carbocycles. The lowest BCUT2D eigenvalue weighted by molar-refractivity contribution is 0.0950. The number of carbonyl (C=O) groups is 1. The molecule has 2 aromatic rings. The van der Waals surface area contributed by atoms with Crippen LogP contribution in [0.25, 0.3) is 11.3 Å². The Morgan fingerprint density at radius 3 is 2.74 bits per heavy atom. The van der Waals surface area contributed by atoms with Crippen LogP contribution in [0.1, 0.15) is 50.0 Å². The van der Waals surface area contributed by atoms with Gasteiger partial charge in [-0.1, -0.05) is 5.57 Å². The van der Waals surface area contributed by atoms with Gasteiger partial charge >= 0.3 is 0 Å². The monoisotopic (exact) mass is 364 g/mol. The number of carbonyl (C=O) groups excluding carboxylic acids is 1. The average Bonchev–Trinajstić information content (AvgIpc) is 2.70. The highest BCUT2D eigenvalue weighted by atomic mass is 16.5. The molecule has 27 heavy (non-hydrogen) atoms. The zero-order chi connectivity index (χ0) is 19.1. The standard InChI is InChI=1S/C21H24N4O2/c1-3-27-18-10-8-16(9-11-18)19-13-22-14-20(24-19)21(26)25-23-12-17-7-5-4-6-15(17)2/h8-14H,3-7H2,1-2H3,(H,25,26). The zero-order valence-corrected chi connectivity index (χ0v) is 15.7. The van der Waals surface area contributed by atoms with E-state index in [4.69, 9.17) is 4.74 Å². The normalized spacial score (nSPS) is 14.4. The minimum atomic E-state index is -0.374. The first-order chi connectivity index (χ1) is 13.2. The van der Waals surface area contributed by atoms with Crippen molar-refractivity contribution in [3.8, 4) is 17.0 Å². The summed E-state index contributed by atoms with van der Waals surface area (Å²) in [4.78, 5) is 20.9. The third-order valence-electron chi connectivity index (χ3n) is 4.51. The number of rotatable bonds is 6. The molecule has 0 saturated carbocycles. The van der Waals surface area contributed by atoms with Crippen molar-refractivity contribution in [1.29, 1.82) is 0 Å². The molecule has 0 radical (unpaired) electrons. The predicted octanol–water partition coefficient (Wildman–Crippen LogP) is 4.15. The maximum Gasteiger partial charge on any atom is 0.291 e. The first-order valence-corrected chi connectivity index (χ1v) is 9.24. The van der Waals surface area contributed by atoms with Gasteiger partial charge in [0.2, 0.25) is 0 Å². The number of hydrogen-bond acceptors (Lipinski definition) is 5. The first kappa shape index (κ1) is 18.8. The summed E-state index contributed by atoms with van der Waals surface area (Å²) in [5, 5.41) is 4.09. The summed E-state index contributed by atoms with van der Waals surface area (Å²) in [6, 6.07) is 7.54. The fraction of sp³-hybridized carbons (Fsp3) is 0.333. The minimum absolute atomic E-state index is 0.230. The van der Waals surface area contributed by atoms with Gasteiger partial charge in [-0.15, -0.1) is 0 Å². The van der Waals surface area contributed by atoms with Crippen LogP contribution in [0.5, 0.6) is 5.75 Å². The molecule has 1 heterocycles. The van der Waals surface area contributed by atoms with Crippen LogP contribution in [-0.4, -0.2) is 28.7 Å². The summed E-state index contributed by atoms with van der Waals surface area (Å²) in [5.41, 5.74) is 6.82. The van der Waals surface area contributed by atoms with Crippen molar-refractivity contribution in [2.24, 2.45) is 5.10 Å². The molecule has 0 fully saturated rings. The summed E-state index contributed by atoms with van der Waals surface area (Å²) < 4.78 is 5.44. The summed E-state index contributed by atoms with van der Waals surface area (Å²) in [7, 11) is 0. The summed E-state index contributed by atoms with van der Waals surface area (Å²) in [6.45, 7) is 4.68. The van der Waals surface area contributed by atoms with E-state index in [2.05, 4.69) is 27.4 Å². The molecule has 1 N–H and O–H groups in total. The van der Waals surface area contributed by atoms with Crippen LogP contribution >= 0.6 is 0 Å². The van der Waals surface area contributed by atoms with Gasteiger partial charge in [-0.2, -0.15) is 5.10 Å². The molecule has 0 spiro atoms. The van der Waals surface area contributed by atoms with Gasteiger partial charge in [0.1, 0.15) is 11.4 Å². The molecular weight excluding hydrogens is 340 g/mol. The highest BCUT2D eigenvalue weighted by molar-refractivity contribution is 5.93. The number of hydrazone groups is 1. The van der Waals surface area contributed by atoms with E-state index in [9.17, 15) is 4.79 Å². The van der Waals surface area contributed by atoms with E-state index in [1.54, 1.807) is 12.4 Å². The van der Waals surface area contributed by atoms with Crippen LogP contribution in [0, 0.1) is 0 Å². The molecule has 1 amide bonds. The van der Waals surface area contributed by atoms with Crippen LogP contribution in [0.2, 0.25) is 0 Å². The number of ether oxygens (including phenoxy) is 1. The quantitative estimate of drug-likeness (QED) is 0.617. The zero-order valence-electron chi connectivity index (χ0n) is 15.7. The Labute approximate surface area is 159 Å². The molecule has 0 unspecified atom stereocenters. The third kappa shape index (κ3) is 5.00. The molecule has 0 saturated heterocycles. The largest absolute Gasteiger partial charge is 0.494 e. The van der Waals surface area contributed by atoms with Crippen LogP contribution in [0.4, 0.5) is 0 Å². The van der Waals surface area contributed by atoms with E-state index in [0.717, 1.165) is 24.2 Å². The lowest BCUT2D eigenvalue weighted by atomic mass is 9.94. The van der Waals surface area contributed by atoms with Crippen LogP contribution < -0.4 is 10.2 Å². The van der Waals surface area contributed by atoms with Crippen molar-refractivity contribution in [2.45, 2.75) is 39.5 Å². The van der Waals surface area contributed by atoms with E-state index in [-0.39, 0.29) is 11.6 Å². The number of allylic oxidation sites excluding steroid dienone is 2. The number of aromatic nitrogens is 2. The second-order valence-electron chi connectivity index (χ2n) is 6.46. The number of benzene rings is 1. The van der Waals surface area contributed by atoms with Gasteiger partial charge in [0.05, 0.1) is 30.9 Å². The van der Waals surface area contributed by atoms with Gasteiger partial charge in [-0.3, -0.25) is 9.78 Å². The molecule has 6 nitrogen and oxygen atoms in total. The Hall–Kier alpha value is -3.02. The molecule has 1 aliphatic rings. The first-order valence-electron chi connectivity index (χ1n) is 9.24. The predicted molar refractivity (Wildman–Crippen MR) is 106 cm³/mol. The maximum absolute atomic E-state index is 12.3. The van der Waals surface area contributed by atoms with Gasteiger partial charge in [0, 0.05) is 5.56 Å². The number of nitrogens with one attached hydrogen (secondary N) is 1. The smallest absolute Gasteiger partial charge is 0.291 e. The van der Waals surface area contributed by atoms with Crippen LogP contribution in [0.3, 0.4) is 0 Å². The fourth-order valence-corrected chi connectivity index (χ4v) is 2.98. The Morgan fingerprint density at radius 2 is 2.00 bits per heavy atom. The number of nitrogens with zero attached hydrogens (tertiary/aromatic N) is 3. The van der Waals surface area contributed by atoms with Crippen molar-refractivity contribution in [3.05, 3.63) is 53.5 Å². The minimum Gasteiger partial charge on any atom is -0.494 e. The number of hydrogen-bond donors (Lipinski definition) is 1. The Balaban J connectivity index is 1.68. The van der Waals surface area contributed by atoms with E-state index in [1.807, 2.05) is 31.2 Å². The molecule has 0 atom stereocenters. The van der Waals surface area contributed by atoms with Gasteiger partial charge in [-0.25, -0.2) is 10.4 Å². The van der Waals surface area contributed by atoms with Gasteiger partial charge in [0.15, 0.2) is 0 Å². The van der Waals surface area contributed by atoms with E-state index < -0.39 is 0 Å². The third-order valence-corrected chi connectivity index (χ3v) is 4.51. The van der Waals surface area contributed by atoms with Crippen molar-refractivity contribution < 1.29 is 9.53 Å².